The van der Waals surface area contributed by atoms with Crippen molar-refractivity contribution in [3.63, 3.8) is 0 Å². The van der Waals surface area contributed by atoms with Crippen LogP contribution in [0.4, 0.5) is 5.69 Å². The number of carbonyl (C=O) groups excluding carboxylic acids is 1. The van der Waals surface area contributed by atoms with E-state index in [1.807, 2.05) is 17.0 Å². The van der Waals surface area contributed by atoms with Gasteiger partial charge in [-0.15, -0.1) is 11.3 Å². The van der Waals surface area contributed by atoms with Crippen LogP contribution in [0.5, 0.6) is 5.75 Å². The van der Waals surface area contributed by atoms with Gasteiger partial charge in [-0.05, 0) is 43.7 Å². The second-order valence-corrected chi connectivity index (χ2v) is 8.98. The van der Waals surface area contributed by atoms with E-state index in [0.29, 0.717) is 18.8 Å². The summed E-state index contributed by atoms with van der Waals surface area (Å²) in [6.45, 7) is 7.18. The molecule has 0 radical (unpaired) electrons. The topological polar surface area (TPSA) is 69.6 Å². The summed E-state index contributed by atoms with van der Waals surface area (Å²) < 4.78 is 0. The van der Waals surface area contributed by atoms with Crippen LogP contribution in [0.25, 0.3) is 10.2 Å². The lowest BCUT2D eigenvalue weighted by Gasteiger charge is -2.36. The molecule has 0 saturated carbocycles. The van der Waals surface area contributed by atoms with E-state index in [1.165, 1.54) is 22.2 Å². The normalized spacial score (nSPS) is 14.6. The lowest BCUT2D eigenvalue weighted by atomic mass is 10.2. The van der Waals surface area contributed by atoms with Gasteiger partial charge in [0, 0.05) is 42.1 Å². The molecule has 1 saturated heterocycles. The van der Waals surface area contributed by atoms with Crippen LogP contribution in [-0.2, 0) is 4.79 Å². The summed E-state index contributed by atoms with van der Waals surface area (Å²) in [6, 6.07) is 7.21. The summed E-state index contributed by atoms with van der Waals surface area (Å²) in [6.07, 6.45) is 1.58. The summed E-state index contributed by atoms with van der Waals surface area (Å²) in [5.74, 6) is 0.802. The number of rotatable bonds is 4. The number of aromatic nitrogens is 2. The minimum Gasteiger partial charge on any atom is -0.508 e. The van der Waals surface area contributed by atoms with E-state index in [-0.39, 0.29) is 11.7 Å². The Balaban J connectivity index is 1.36. The molecule has 2 aromatic heterocycles. The molecular weight excluding hydrogens is 392 g/mol. The van der Waals surface area contributed by atoms with Gasteiger partial charge in [-0.25, -0.2) is 9.97 Å². The number of carbonyl (C=O) groups is 1. The fourth-order valence-electron chi connectivity index (χ4n) is 3.36. The predicted octanol–water partition coefficient (Wildman–Crippen LogP) is 3.45. The summed E-state index contributed by atoms with van der Waals surface area (Å²) in [7, 11) is 0. The lowest BCUT2D eigenvalue weighted by Crippen LogP contribution is -2.49. The van der Waals surface area contributed by atoms with Crippen LogP contribution in [-0.4, -0.2) is 57.8 Å². The maximum Gasteiger partial charge on any atom is 0.233 e. The standard InChI is InChI=1S/C20H22N4O2S2/c1-13-14(2)28-20-18(13)19(21-12-22-20)27-11-17(26)24-9-7-23(8-10-24)15-3-5-16(25)6-4-15/h3-6,12,25H,7-11H2,1-2H3. The first-order valence-electron chi connectivity index (χ1n) is 9.18. The van der Waals surface area contributed by atoms with Crippen LogP contribution in [0, 0.1) is 13.8 Å². The molecule has 1 N–H and O–H groups in total. The second kappa shape index (κ2) is 7.97. The van der Waals surface area contributed by atoms with Crippen molar-refractivity contribution in [2.75, 3.05) is 36.8 Å². The average molecular weight is 415 g/mol. The van der Waals surface area contributed by atoms with Gasteiger partial charge in [-0.1, -0.05) is 11.8 Å². The van der Waals surface area contributed by atoms with E-state index in [2.05, 4.69) is 28.7 Å². The van der Waals surface area contributed by atoms with Crippen LogP contribution in [0.2, 0.25) is 0 Å². The largest absolute Gasteiger partial charge is 0.508 e. The van der Waals surface area contributed by atoms with Crippen molar-refractivity contribution in [1.29, 1.82) is 0 Å². The molecule has 1 aliphatic rings. The molecule has 3 aromatic rings. The number of thioether (sulfide) groups is 1. The van der Waals surface area contributed by atoms with E-state index in [0.717, 1.165) is 34.0 Å². The number of anilines is 1. The Morgan fingerprint density at radius 3 is 2.57 bits per heavy atom. The molecule has 0 unspecified atom stereocenters. The van der Waals surface area contributed by atoms with E-state index in [4.69, 9.17) is 0 Å². The van der Waals surface area contributed by atoms with Crippen molar-refractivity contribution >= 4 is 44.9 Å². The Bertz CT molecular complexity index is 995. The van der Waals surface area contributed by atoms with Crippen LogP contribution >= 0.6 is 23.1 Å². The van der Waals surface area contributed by atoms with E-state index >= 15 is 0 Å². The number of amides is 1. The third-order valence-corrected chi connectivity index (χ3v) is 7.20. The number of phenolic OH excluding ortho intramolecular Hbond substituents is 1. The quantitative estimate of drug-likeness (QED) is 0.521. The van der Waals surface area contributed by atoms with Crippen LogP contribution in [0.1, 0.15) is 10.4 Å². The lowest BCUT2D eigenvalue weighted by molar-refractivity contribution is -0.128. The Morgan fingerprint density at radius 1 is 1.14 bits per heavy atom. The third-order valence-electron chi connectivity index (χ3n) is 5.11. The van der Waals surface area contributed by atoms with Crippen LogP contribution < -0.4 is 4.90 Å². The third kappa shape index (κ3) is 3.79. The molecule has 1 aliphatic heterocycles. The molecular formula is C20H22N4O2S2. The van der Waals surface area contributed by atoms with Gasteiger partial charge in [0.25, 0.3) is 0 Å². The highest BCUT2D eigenvalue weighted by atomic mass is 32.2. The summed E-state index contributed by atoms with van der Waals surface area (Å²) in [4.78, 5) is 27.9. The number of fused-ring (bicyclic) bond motifs is 1. The van der Waals surface area contributed by atoms with Gasteiger partial charge in [-0.3, -0.25) is 4.79 Å². The van der Waals surface area contributed by atoms with Crippen molar-refractivity contribution in [1.82, 2.24) is 14.9 Å². The van der Waals surface area contributed by atoms with Gasteiger partial charge in [0.2, 0.25) is 5.91 Å². The van der Waals surface area contributed by atoms with Gasteiger partial charge >= 0.3 is 0 Å². The number of hydrogen-bond donors (Lipinski definition) is 1. The minimum absolute atomic E-state index is 0.145. The molecule has 28 heavy (non-hydrogen) atoms. The van der Waals surface area contributed by atoms with E-state index in [9.17, 15) is 9.90 Å². The number of aryl methyl sites for hydroxylation is 2. The molecule has 1 amide bonds. The maximum atomic E-state index is 12.7. The summed E-state index contributed by atoms with van der Waals surface area (Å²) >= 11 is 3.17. The van der Waals surface area contributed by atoms with Crippen molar-refractivity contribution in [2.45, 2.75) is 18.9 Å². The summed E-state index contributed by atoms with van der Waals surface area (Å²) in [5.41, 5.74) is 2.28. The first-order valence-corrected chi connectivity index (χ1v) is 11.0. The average Bonchev–Trinajstić information content (AvgIpc) is 3.01. The molecule has 0 atom stereocenters. The van der Waals surface area contributed by atoms with Gasteiger partial charge in [0.1, 0.15) is 21.9 Å². The Labute approximate surface area is 172 Å². The molecule has 8 heteroatoms. The van der Waals surface area contributed by atoms with Crippen LogP contribution in [0.3, 0.4) is 0 Å². The molecule has 4 rings (SSSR count). The smallest absolute Gasteiger partial charge is 0.233 e. The monoisotopic (exact) mass is 414 g/mol. The van der Waals surface area contributed by atoms with Crippen molar-refractivity contribution in [2.24, 2.45) is 0 Å². The SMILES string of the molecule is Cc1sc2ncnc(SCC(=O)N3CCN(c4ccc(O)cc4)CC3)c2c1C. The van der Waals surface area contributed by atoms with E-state index < -0.39 is 0 Å². The number of piperazine rings is 1. The van der Waals surface area contributed by atoms with Crippen LogP contribution in [0.15, 0.2) is 35.6 Å². The fourth-order valence-corrected chi connectivity index (χ4v) is 5.38. The zero-order chi connectivity index (χ0) is 19.7. The number of thiophene rings is 1. The minimum atomic E-state index is 0.145. The fraction of sp³-hybridized carbons (Fsp3) is 0.350. The number of aromatic hydroxyl groups is 1. The molecule has 3 heterocycles. The van der Waals surface area contributed by atoms with Crippen molar-refractivity contribution < 1.29 is 9.90 Å². The highest BCUT2D eigenvalue weighted by Crippen LogP contribution is 2.34. The first kappa shape index (κ1) is 19.0. The van der Waals surface area contributed by atoms with Crippen molar-refractivity contribution in [3.8, 4) is 5.75 Å². The molecule has 6 nitrogen and oxygen atoms in total. The molecule has 0 bridgehead atoms. The Hall–Kier alpha value is -2.32. The molecule has 146 valence electrons. The van der Waals surface area contributed by atoms with Gasteiger partial charge in [0.15, 0.2) is 0 Å². The summed E-state index contributed by atoms with van der Waals surface area (Å²) in [5, 5.41) is 11.4. The first-order chi connectivity index (χ1) is 13.5. The van der Waals surface area contributed by atoms with Gasteiger partial charge < -0.3 is 14.9 Å². The maximum absolute atomic E-state index is 12.7. The molecule has 1 aromatic carbocycles. The van der Waals surface area contributed by atoms with Gasteiger partial charge in [-0.2, -0.15) is 0 Å². The zero-order valence-electron chi connectivity index (χ0n) is 15.9. The Kier molecular flexibility index (Phi) is 5.41. The highest BCUT2D eigenvalue weighted by Gasteiger charge is 2.22. The number of nitrogens with zero attached hydrogens (tertiary/aromatic N) is 4. The van der Waals surface area contributed by atoms with Gasteiger partial charge in [0.05, 0.1) is 5.75 Å². The number of benzene rings is 1. The number of phenols is 1. The number of hydrogen-bond acceptors (Lipinski definition) is 7. The zero-order valence-corrected chi connectivity index (χ0v) is 17.5. The molecule has 1 fully saturated rings. The molecule has 0 aliphatic carbocycles. The van der Waals surface area contributed by atoms with Crippen molar-refractivity contribution in [3.05, 3.63) is 41.0 Å². The van der Waals surface area contributed by atoms with E-state index in [1.54, 1.807) is 29.8 Å². The highest BCUT2D eigenvalue weighted by molar-refractivity contribution is 8.00. The molecule has 0 spiro atoms. The Morgan fingerprint density at radius 2 is 1.86 bits per heavy atom. The predicted molar refractivity (Wildman–Crippen MR) is 115 cm³/mol. The second-order valence-electron chi connectivity index (χ2n) is 6.82.